The van der Waals surface area contributed by atoms with E-state index in [1.165, 1.54) is 40.9 Å². The van der Waals surface area contributed by atoms with E-state index in [0.29, 0.717) is 18.0 Å². The first kappa shape index (κ1) is 30.4. The van der Waals surface area contributed by atoms with Crippen molar-refractivity contribution < 1.29 is 19.4 Å². The van der Waals surface area contributed by atoms with Crippen LogP contribution in [0.5, 0.6) is 5.75 Å². The summed E-state index contributed by atoms with van der Waals surface area (Å²) in [5.41, 5.74) is 11.3. The number of rotatable bonds is 12. The molecule has 1 fully saturated rings. The Morgan fingerprint density at radius 3 is 2.52 bits per heavy atom. The van der Waals surface area contributed by atoms with Gasteiger partial charge >= 0.3 is 0 Å². The van der Waals surface area contributed by atoms with E-state index < -0.39 is 6.23 Å². The Hall–Kier alpha value is -3.04. The lowest BCUT2D eigenvalue weighted by atomic mass is 9.83. The van der Waals surface area contributed by atoms with E-state index in [1.54, 1.807) is 6.92 Å². The number of carbonyl (C=O) groups excluding carboxylic acids is 2. The van der Waals surface area contributed by atoms with Gasteiger partial charge in [0, 0.05) is 17.0 Å². The summed E-state index contributed by atoms with van der Waals surface area (Å²) in [6.45, 7) is 5.50. The van der Waals surface area contributed by atoms with Crippen LogP contribution in [-0.2, 0) is 12.8 Å². The molecule has 42 heavy (non-hydrogen) atoms. The third kappa shape index (κ3) is 7.67. The zero-order valence-electron chi connectivity index (χ0n) is 24.6. The standard InChI is InChI=1S/C34H43N3O4S/c1-23(38)30-14-15-31(42-30)26-8-10-27(11-9-26)34(40)36-18-4-5-19-37-20-16-25(17-21-37)29-13-12-24-6-2-3-7-28(24)33(29)41-22-32(35)39/h8-15,25,32,39H,2-7,16-22,35H2,1H3,(H,36,40). The predicted octanol–water partition coefficient (Wildman–Crippen LogP) is 5.54. The number of nitrogens with one attached hydrogen (secondary N) is 1. The third-order valence-corrected chi connectivity index (χ3v) is 9.74. The van der Waals surface area contributed by atoms with Crippen LogP contribution in [0.2, 0.25) is 0 Å². The molecule has 0 saturated carbocycles. The lowest BCUT2D eigenvalue weighted by Gasteiger charge is -2.34. The first-order valence-corrected chi connectivity index (χ1v) is 16.1. The van der Waals surface area contributed by atoms with Gasteiger partial charge in [-0.15, -0.1) is 11.3 Å². The molecule has 0 bridgehead atoms. The number of aliphatic hydroxyl groups excluding tert-OH is 1. The Morgan fingerprint density at radius 2 is 1.81 bits per heavy atom. The average molecular weight is 590 g/mol. The number of nitrogens with two attached hydrogens (primary N) is 1. The van der Waals surface area contributed by atoms with E-state index in [9.17, 15) is 14.7 Å². The van der Waals surface area contributed by atoms with Crippen LogP contribution in [0.1, 0.15) is 88.1 Å². The number of benzene rings is 2. The Labute approximate surface area is 253 Å². The SMILES string of the molecule is CC(=O)c1ccc(-c2ccc(C(=O)NCCCCN3CCC(c4ccc5c(c4OCC(N)O)CCCC5)CC3)cc2)s1. The van der Waals surface area contributed by atoms with Gasteiger partial charge in [0.1, 0.15) is 18.6 Å². The van der Waals surface area contributed by atoms with Gasteiger partial charge < -0.3 is 25.8 Å². The van der Waals surface area contributed by atoms with Gasteiger partial charge in [-0.3, -0.25) is 9.59 Å². The molecule has 2 aliphatic rings. The van der Waals surface area contributed by atoms with Crippen molar-refractivity contribution in [3.8, 4) is 16.2 Å². The molecule has 1 atom stereocenters. The van der Waals surface area contributed by atoms with Gasteiger partial charge in [-0.25, -0.2) is 0 Å². The summed E-state index contributed by atoms with van der Waals surface area (Å²) in [7, 11) is 0. The van der Waals surface area contributed by atoms with E-state index in [1.807, 2.05) is 36.4 Å². The second kappa shape index (κ2) is 14.4. The van der Waals surface area contributed by atoms with Crippen LogP contribution in [0, 0.1) is 0 Å². The maximum absolute atomic E-state index is 12.6. The highest BCUT2D eigenvalue weighted by Gasteiger charge is 2.26. The number of aliphatic hydroxyl groups is 1. The van der Waals surface area contributed by atoms with E-state index in [-0.39, 0.29) is 18.3 Å². The number of piperidine rings is 1. The second-order valence-electron chi connectivity index (χ2n) is 11.6. The first-order valence-electron chi connectivity index (χ1n) is 15.3. The summed E-state index contributed by atoms with van der Waals surface area (Å²) in [4.78, 5) is 28.5. The maximum atomic E-state index is 12.6. The van der Waals surface area contributed by atoms with Crippen molar-refractivity contribution in [1.82, 2.24) is 10.2 Å². The Bertz CT molecular complexity index is 1360. The molecule has 2 aromatic carbocycles. The van der Waals surface area contributed by atoms with Crippen LogP contribution >= 0.6 is 11.3 Å². The minimum Gasteiger partial charge on any atom is -0.489 e. The minimum absolute atomic E-state index is 0.0526. The molecule has 8 heteroatoms. The summed E-state index contributed by atoms with van der Waals surface area (Å²) in [5, 5.41) is 12.7. The number of carbonyl (C=O) groups is 2. The molecule has 7 nitrogen and oxygen atoms in total. The Kier molecular flexibility index (Phi) is 10.4. The fourth-order valence-electron chi connectivity index (χ4n) is 6.17. The summed E-state index contributed by atoms with van der Waals surface area (Å²) in [5.74, 6) is 1.46. The number of ketones is 1. The van der Waals surface area contributed by atoms with Crippen molar-refractivity contribution in [1.29, 1.82) is 0 Å². The van der Waals surface area contributed by atoms with E-state index in [4.69, 9.17) is 10.5 Å². The molecular weight excluding hydrogens is 546 g/mol. The van der Waals surface area contributed by atoms with E-state index in [2.05, 4.69) is 22.3 Å². The first-order chi connectivity index (χ1) is 20.4. The van der Waals surface area contributed by atoms with Crippen LogP contribution in [0.4, 0.5) is 0 Å². The summed E-state index contributed by atoms with van der Waals surface area (Å²) >= 11 is 1.47. The number of amides is 1. The number of fused-ring (bicyclic) bond motifs is 1. The van der Waals surface area contributed by atoms with Gasteiger partial charge in [0.05, 0.1) is 4.88 Å². The minimum atomic E-state index is -0.968. The van der Waals surface area contributed by atoms with Gasteiger partial charge in [0.15, 0.2) is 5.78 Å². The van der Waals surface area contributed by atoms with Crippen LogP contribution in [0.3, 0.4) is 0 Å². The molecule has 3 aromatic rings. The Balaban J connectivity index is 1.04. The number of Topliss-reactive ketones (excluding diaryl/α,β-unsaturated/α-hetero) is 1. The van der Waals surface area contributed by atoms with Crippen LogP contribution in [-0.4, -0.2) is 60.7 Å². The van der Waals surface area contributed by atoms with Crippen molar-refractivity contribution >= 4 is 23.0 Å². The monoisotopic (exact) mass is 589 g/mol. The number of likely N-dealkylation sites (tertiary alicyclic amines) is 1. The zero-order valence-corrected chi connectivity index (χ0v) is 25.4. The molecule has 1 unspecified atom stereocenters. The number of ether oxygens (including phenoxy) is 1. The molecule has 2 heterocycles. The quantitative estimate of drug-likeness (QED) is 0.146. The second-order valence-corrected chi connectivity index (χ2v) is 12.7. The normalized spacial score (nSPS) is 16.5. The van der Waals surface area contributed by atoms with Gasteiger partial charge in [0.25, 0.3) is 5.91 Å². The van der Waals surface area contributed by atoms with Crippen molar-refractivity contribution in [2.45, 2.75) is 70.4 Å². The number of nitrogens with zero attached hydrogens (tertiary/aromatic N) is 1. The maximum Gasteiger partial charge on any atom is 0.251 e. The molecule has 224 valence electrons. The lowest BCUT2D eigenvalue weighted by Crippen LogP contribution is -2.34. The van der Waals surface area contributed by atoms with Gasteiger partial charge in [-0.05, 0) is 130 Å². The fraction of sp³-hybridized carbons (Fsp3) is 0.471. The van der Waals surface area contributed by atoms with E-state index >= 15 is 0 Å². The number of hydrogen-bond acceptors (Lipinski definition) is 7. The van der Waals surface area contributed by atoms with Gasteiger partial charge in [-0.1, -0.05) is 24.3 Å². The highest BCUT2D eigenvalue weighted by atomic mass is 32.1. The molecule has 1 aliphatic heterocycles. The zero-order chi connectivity index (χ0) is 29.5. The third-order valence-electron chi connectivity index (χ3n) is 8.51. The lowest BCUT2D eigenvalue weighted by molar-refractivity contribution is 0.0951. The summed E-state index contributed by atoms with van der Waals surface area (Å²) in [6.07, 6.45) is 7.75. The molecular formula is C34H43N3O4S. The number of thiophene rings is 1. The topological polar surface area (TPSA) is 105 Å². The van der Waals surface area contributed by atoms with Crippen molar-refractivity contribution in [2.75, 3.05) is 32.8 Å². The molecule has 1 saturated heterocycles. The predicted molar refractivity (Wildman–Crippen MR) is 169 cm³/mol. The molecule has 1 aromatic heterocycles. The van der Waals surface area contributed by atoms with Crippen molar-refractivity contribution in [3.63, 3.8) is 0 Å². The smallest absolute Gasteiger partial charge is 0.251 e. The van der Waals surface area contributed by atoms with Crippen LogP contribution in [0.25, 0.3) is 10.4 Å². The van der Waals surface area contributed by atoms with Crippen molar-refractivity contribution in [2.24, 2.45) is 5.73 Å². The summed E-state index contributed by atoms with van der Waals surface area (Å²) < 4.78 is 6.12. The molecule has 1 aliphatic carbocycles. The van der Waals surface area contributed by atoms with Gasteiger partial charge in [-0.2, -0.15) is 0 Å². The number of unbranched alkanes of at least 4 members (excludes halogenated alkanes) is 1. The Morgan fingerprint density at radius 1 is 1.05 bits per heavy atom. The highest BCUT2D eigenvalue weighted by molar-refractivity contribution is 7.17. The molecule has 4 N–H and O–H groups in total. The summed E-state index contributed by atoms with van der Waals surface area (Å²) in [6, 6.07) is 15.9. The molecule has 1 amide bonds. The number of hydrogen-bond donors (Lipinski definition) is 3. The molecule has 5 rings (SSSR count). The van der Waals surface area contributed by atoms with Crippen molar-refractivity contribution in [3.05, 3.63) is 75.7 Å². The number of aryl methyl sites for hydroxylation is 1. The fourth-order valence-corrected chi connectivity index (χ4v) is 7.08. The molecule has 0 spiro atoms. The molecule has 0 radical (unpaired) electrons. The highest BCUT2D eigenvalue weighted by Crippen LogP contribution is 2.40. The van der Waals surface area contributed by atoms with Crippen LogP contribution in [0.15, 0.2) is 48.5 Å². The van der Waals surface area contributed by atoms with Gasteiger partial charge in [0.2, 0.25) is 0 Å². The largest absolute Gasteiger partial charge is 0.489 e. The van der Waals surface area contributed by atoms with E-state index in [0.717, 1.165) is 79.2 Å². The average Bonchev–Trinajstić information content (AvgIpc) is 3.51. The van der Waals surface area contributed by atoms with Crippen LogP contribution < -0.4 is 15.8 Å².